The van der Waals surface area contributed by atoms with E-state index in [0.29, 0.717) is 23.8 Å². The number of rotatable bonds is 9. The van der Waals surface area contributed by atoms with Crippen LogP contribution in [0.1, 0.15) is 55.9 Å². The van der Waals surface area contributed by atoms with Crippen molar-refractivity contribution in [2.75, 3.05) is 12.3 Å². The van der Waals surface area contributed by atoms with Gasteiger partial charge in [-0.15, -0.1) is 0 Å². The maximum absolute atomic E-state index is 12.0. The molecular formula is C18H25N3O2. The fourth-order valence-electron chi connectivity index (χ4n) is 2.33. The number of carbonyl (C=O) groups excluding carboxylic acids is 1. The molecule has 3 N–H and O–H groups in total. The van der Waals surface area contributed by atoms with E-state index in [1.165, 1.54) is 31.9 Å². The molecule has 1 aromatic heterocycles. The number of amides is 1. The average Bonchev–Trinajstić information content (AvgIpc) is 3.04. The Balaban J connectivity index is 1.76. The van der Waals surface area contributed by atoms with Crippen molar-refractivity contribution in [2.24, 2.45) is 0 Å². The van der Waals surface area contributed by atoms with E-state index >= 15 is 0 Å². The summed E-state index contributed by atoms with van der Waals surface area (Å²) in [5.74, 6) is 0.235. The number of anilines is 1. The quantitative estimate of drug-likeness (QED) is 0.541. The molecule has 1 amide bonds. The van der Waals surface area contributed by atoms with Crippen LogP contribution in [0, 0.1) is 0 Å². The number of hydrogen-bond acceptors (Lipinski definition) is 4. The van der Waals surface area contributed by atoms with Gasteiger partial charge in [-0.1, -0.05) is 39.0 Å². The zero-order chi connectivity index (χ0) is 16.5. The Morgan fingerprint density at radius 1 is 1.13 bits per heavy atom. The Morgan fingerprint density at radius 2 is 1.83 bits per heavy atom. The second-order valence-electron chi connectivity index (χ2n) is 5.68. The summed E-state index contributed by atoms with van der Waals surface area (Å²) in [7, 11) is 0. The normalized spacial score (nSPS) is 10.7. The molecule has 0 radical (unpaired) electrons. The predicted molar refractivity (Wildman–Crippen MR) is 92.1 cm³/mol. The number of nitrogens with zero attached hydrogens (tertiary/aromatic N) is 1. The molecule has 1 aromatic carbocycles. The molecule has 0 bridgehead atoms. The lowest BCUT2D eigenvalue weighted by Crippen LogP contribution is -2.24. The number of benzene rings is 1. The third-order valence-corrected chi connectivity index (χ3v) is 3.71. The van der Waals surface area contributed by atoms with E-state index in [2.05, 4.69) is 17.2 Å². The van der Waals surface area contributed by atoms with Crippen molar-refractivity contribution in [3.63, 3.8) is 0 Å². The minimum atomic E-state index is -0.191. The zero-order valence-corrected chi connectivity index (χ0v) is 13.7. The SMILES string of the molecule is CCCCCCCCNC(=O)c1coc(-c2ccc(N)cc2)n1. The number of aromatic nitrogens is 1. The minimum Gasteiger partial charge on any atom is -0.444 e. The molecule has 2 rings (SSSR count). The lowest BCUT2D eigenvalue weighted by Gasteiger charge is -2.02. The van der Waals surface area contributed by atoms with Crippen LogP contribution in [0.2, 0.25) is 0 Å². The molecule has 23 heavy (non-hydrogen) atoms. The van der Waals surface area contributed by atoms with Gasteiger partial charge in [-0.2, -0.15) is 0 Å². The van der Waals surface area contributed by atoms with Crippen LogP contribution in [0.15, 0.2) is 34.9 Å². The van der Waals surface area contributed by atoms with Crippen molar-refractivity contribution in [3.05, 3.63) is 36.2 Å². The van der Waals surface area contributed by atoms with Crippen molar-refractivity contribution in [1.82, 2.24) is 10.3 Å². The van der Waals surface area contributed by atoms with E-state index in [0.717, 1.165) is 18.4 Å². The van der Waals surface area contributed by atoms with Crippen LogP contribution in [0.4, 0.5) is 5.69 Å². The standard InChI is InChI=1S/C18H25N3O2/c1-2-3-4-5-6-7-12-20-17(22)16-13-23-18(21-16)14-8-10-15(19)11-9-14/h8-11,13H,2-7,12,19H2,1H3,(H,20,22). The largest absolute Gasteiger partial charge is 0.444 e. The monoisotopic (exact) mass is 315 g/mol. The van der Waals surface area contributed by atoms with Crippen molar-refractivity contribution in [2.45, 2.75) is 45.4 Å². The molecule has 0 spiro atoms. The molecule has 0 saturated carbocycles. The Morgan fingerprint density at radius 3 is 2.57 bits per heavy atom. The summed E-state index contributed by atoms with van der Waals surface area (Å²) in [6.45, 7) is 2.88. The van der Waals surface area contributed by atoms with Gasteiger partial charge in [0.25, 0.3) is 5.91 Å². The zero-order valence-electron chi connectivity index (χ0n) is 13.7. The summed E-state index contributed by atoms with van der Waals surface area (Å²) >= 11 is 0. The summed E-state index contributed by atoms with van der Waals surface area (Å²) in [4.78, 5) is 16.3. The van der Waals surface area contributed by atoms with Gasteiger partial charge in [-0.05, 0) is 30.7 Å². The highest BCUT2D eigenvalue weighted by molar-refractivity contribution is 5.92. The van der Waals surface area contributed by atoms with Gasteiger partial charge in [0.15, 0.2) is 5.69 Å². The molecule has 0 unspecified atom stereocenters. The third kappa shape index (κ3) is 5.43. The second-order valence-corrected chi connectivity index (χ2v) is 5.68. The van der Waals surface area contributed by atoms with Gasteiger partial charge < -0.3 is 15.5 Å². The lowest BCUT2D eigenvalue weighted by molar-refractivity contribution is 0.0948. The van der Waals surface area contributed by atoms with Crippen LogP contribution in [0.25, 0.3) is 11.5 Å². The topological polar surface area (TPSA) is 81.2 Å². The molecule has 1 heterocycles. The Bertz CT molecular complexity index is 605. The van der Waals surface area contributed by atoms with Crippen molar-refractivity contribution in [1.29, 1.82) is 0 Å². The third-order valence-electron chi connectivity index (χ3n) is 3.71. The highest BCUT2D eigenvalue weighted by atomic mass is 16.3. The molecule has 0 fully saturated rings. The molecule has 0 aliphatic heterocycles. The number of unbranched alkanes of at least 4 members (excludes halogenated alkanes) is 5. The van der Waals surface area contributed by atoms with Gasteiger partial charge in [-0.25, -0.2) is 4.98 Å². The van der Waals surface area contributed by atoms with Gasteiger partial charge in [0.05, 0.1) is 0 Å². The van der Waals surface area contributed by atoms with Gasteiger partial charge in [0, 0.05) is 17.8 Å². The maximum Gasteiger partial charge on any atom is 0.273 e. The molecule has 0 atom stereocenters. The summed E-state index contributed by atoms with van der Waals surface area (Å²) in [5, 5.41) is 2.88. The van der Waals surface area contributed by atoms with Gasteiger partial charge in [0.1, 0.15) is 6.26 Å². The minimum absolute atomic E-state index is 0.191. The molecule has 2 aromatic rings. The molecule has 124 valence electrons. The van der Waals surface area contributed by atoms with Gasteiger partial charge in [-0.3, -0.25) is 4.79 Å². The van der Waals surface area contributed by atoms with Crippen LogP contribution in [-0.2, 0) is 0 Å². The molecule has 0 aliphatic carbocycles. The van der Waals surface area contributed by atoms with Crippen molar-refractivity contribution in [3.8, 4) is 11.5 Å². The average molecular weight is 315 g/mol. The predicted octanol–water partition coefficient (Wildman–Crippen LogP) is 4.01. The van der Waals surface area contributed by atoms with E-state index in [9.17, 15) is 4.79 Å². The first-order chi connectivity index (χ1) is 11.2. The first-order valence-electron chi connectivity index (χ1n) is 8.30. The molecule has 0 aliphatic rings. The van der Waals surface area contributed by atoms with E-state index < -0.39 is 0 Å². The summed E-state index contributed by atoms with van der Waals surface area (Å²) in [5.41, 5.74) is 7.44. The number of hydrogen-bond donors (Lipinski definition) is 2. The number of oxazole rings is 1. The molecule has 5 nitrogen and oxygen atoms in total. The number of nitrogen functional groups attached to an aromatic ring is 1. The van der Waals surface area contributed by atoms with Crippen LogP contribution >= 0.6 is 0 Å². The summed E-state index contributed by atoms with van der Waals surface area (Å²) in [6.07, 6.45) is 8.59. The molecular weight excluding hydrogens is 290 g/mol. The fourth-order valence-corrected chi connectivity index (χ4v) is 2.33. The van der Waals surface area contributed by atoms with Crippen molar-refractivity contribution < 1.29 is 9.21 Å². The maximum atomic E-state index is 12.0. The first-order valence-corrected chi connectivity index (χ1v) is 8.30. The number of nitrogens with two attached hydrogens (primary N) is 1. The van der Waals surface area contributed by atoms with E-state index in [-0.39, 0.29) is 5.91 Å². The van der Waals surface area contributed by atoms with E-state index in [4.69, 9.17) is 10.2 Å². The summed E-state index contributed by atoms with van der Waals surface area (Å²) < 4.78 is 5.37. The van der Waals surface area contributed by atoms with Crippen LogP contribution in [0.5, 0.6) is 0 Å². The smallest absolute Gasteiger partial charge is 0.273 e. The molecule has 5 heteroatoms. The van der Waals surface area contributed by atoms with Crippen LogP contribution in [-0.4, -0.2) is 17.4 Å². The molecule has 0 saturated heterocycles. The number of carbonyl (C=O) groups is 1. The Hall–Kier alpha value is -2.30. The fraction of sp³-hybridized carbons (Fsp3) is 0.444. The van der Waals surface area contributed by atoms with E-state index in [1.807, 2.05) is 12.1 Å². The lowest BCUT2D eigenvalue weighted by atomic mass is 10.1. The van der Waals surface area contributed by atoms with Crippen molar-refractivity contribution >= 4 is 11.6 Å². The van der Waals surface area contributed by atoms with E-state index in [1.54, 1.807) is 12.1 Å². The number of nitrogens with one attached hydrogen (secondary N) is 1. The van der Waals surface area contributed by atoms with Gasteiger partial charge in [0.2, 0.25) is 5.89 Å². The Labute approximate surface area is 137 Å². The highest BCUT2D eigenvalue weighted by Gasteiger charge is 2.12. The first kappa shape index (κ1) is 17.1. The summed E-state index contributed by atoms with van der Waals surface area (Å²) in [6, 6.07) is 7.19. The van der Waals surface area contributed by atoms with Crippen LogP contribution in [0.3, 0.4) is 0 Å². The van der Waals surface area contributed by atoms with Gasteiger partial charge >= 0.3 is 0 Å². The van der Waals surface area contributed by atoms with Crippen LogP contribution < -0.4 is 11.1 Å². The Kier molecular flexibility index (Phi) is 6.66. The highest BCUT2D eigenvalue weighted by Crippen LogP contribution is 2.19. The second kappa shape index (κ2) is 8.98.